The molecule has 2 heterocycles. The number of ether oxygens (including phenoxy) is 1. The molecule has 25 heavy (non-hydrogen) atoms. The summed E-state index contributed by atoms with van der Waals surface area (Å²) in [5, 5.41) is 5.50. The predicted molar refractivity (Wildman–Crippen MR) is 104 cm³/mol. The van der Waals surface area contributed by atoms with Crippen molar-refractivity contribution < 1.29 is 9.53 Å². The molecule has 0 aliphatic rings. The van der Waals surface area contributed by atoms with E-state index in [-0.39, 0.29) is 5.91 Å². The summed E-state index contributed by atoms with van der Waals surface area (Å²) in [7, 11) is 1.77. The molecule has 130 valence electrons. The first-order valence-electron chi connectivity index (χ1n) is 7.73. The first-order valence-corrected chi connectivity index (χ1v) is 9.87. The number of carbonyl (C=O) groups is 1. The van der Waals surface area contributed by atoms with Crippen LogP contribution in [0.2, 0.25) is 5.02 Å². The number of carbonyl (C=O) groups excluding carboxylic acids is 1. The van der Waals surface area contributed by atoms with Crippen LogP contribution >= 0.6 is 34.3 Å². The second-order valence-electron chi connectivity index (χ2n) is 5.39. The molecule has 0 N–H and O–H groups in total. The number of benzene rings is 1. The molecule has 1 aromatic carbocycles. The molecule has 0 saturated carbocycles. The van der Waals surface area contributed by atoms with Gasteiger partial charge in [0.05, 0.1) is 28.6 Å². The molecule has 1 amide bonds. The SMILES string of the molecule is CN(CCOc1ccccc1Cl)C(=O)Cc1csc(-c2cccs2)n1. The van der Waals surface area contributed by atoms with Gasteiger partial charge in [-0.25, -0.2) is 4.98 Å². The largest absolute Gasteiger partial charge is 0.490 e. The fraction of sp³-hybridized carbons (Fsp3) is 0.222. The fourth-order valence-electron chi connectivity index (χ4n) is 2.17. The van der Waals surface area contributed by atoms with Crippen LogP contribution in [0.3, 0.4) is 0 Å². The number of hydrogen-bond donors (Lipinski definition) is 0. The van der Waals surface area contributed by atoms with Crippen molar-refractivity contribution in [3.63, 3.8) is 0 Å². The highest BCUT2D eigenvalue weighted by Gasteiger charge is 2.13. The maximum absolute atomic E-state index is 12.3. The van der Waals surface area contributed by atoms with Crippen LogP contribution in [0.25, 0.3) is 9.88 Å². The molecular formula is C18H17ClN2O2S2. The Morgan fingerprint density at radius 2 is 2.08 bits per heavy atom. The van der Waals surface area contributed by atoms with Gasteiger partial charge in [-0.2, -0.15) is 0 Å². The third-order valence-corrected chi connectivity index (χ3v) is 5.81. The fourth-order valence-corrected chi connectivity index (χ4v) is 3.99. The van der Waals surface area contributed by atoms with Crippen LogP contribution in [-0.2, 0) is 11.2 Å². The van der Waals surface area contributed by atoms with E-state index in [1.54, 1.807) is 40.7 Å². The number of thiophene rings is 1. The van der Waals surface area contributed by atoms with Crippen molar-refractivity contribution in [2.45, 2.75) is 6.42 Å². The van der Waals surface area contributed by atoms with Gasteiger partial charge in [0.25, 0.3) is 0 Å². The minimum Gasteiger partial charge on any atom is -0.490 e. The highest BCUT2D eigenvalue weighted by molar-refractivity contribution is 7.20. The highest BCUT2D eigenvalue weighted by atomic mass is 35.5. The maximum Gasteiger partial charge on any atom is 0.228 e. The van der Waals surface area contributed by atoms with Gasteiger partial charge in [0.1, 0.15) is 17.4 Å². The summed E-state index contributed by atoms with van der Waals surface area (Å²) >= 11 is 9.26. The molecule has 2 aromatic heterocycles. The number of amides is 1. The molecule has 3 aromatic rings. The van der Waals surface area contributed by atoms with Crippen LogP contribution < -0.4 is 4.74 Å². The summed E-state index contributed by atoms with van der Waals surface area (Å²) in [6.07, 6.45) is 0.296. The van der Waals surface area contributed by atoms with E-state index in [9.17, 15) is 4.79 Å². The molecule has 7 heteroatoms. The number of para-hydroxylation sites is 1. The van der Waals surface area contributed by atoms with Gasteiger partial charge < -0.3 is 9.64 Å². The summed E-state index contributed by atoms with van der Waals surface area (Å²) in [5.41, 5.74) is 0.803. The van der Waals surface area contributed by atoms with E-state index in [2.05, 4.69) is 4.98 Å². The van der Waals surface area contributed by atoms with E-state index in [4.69, 9.17) is 16.3 Å². The zero-order chi connectivity index (χ0) is 17.6. The van der Waals surface area contributed by atoms with E-state index in [1.165, 1.54) is 0 Å². The molecule has 0 saturated heterocycles. The van der Waals surface area contributed by atoms with Crippen LogP contribution in [0, 0.1) is 0 Å². The van der Waals surface area contributed by atoms with E-state index < -0.39 is 0 Å². The minimum absolute atomic E-state index is 0.0192. The van der Waals surface area contributed by atoms with E-state index in [1.807, 2.05) is 41.1 Å². The Balaban J connectivity index is 1.48. The Hall–Kier alpha value is -1.89. The molecule has 0 unspecified atom stereocenters. The molecule has 4 nitrogen and oxygen atoms in total. The molecule has 0 aliphatic carbocycles. The van der Waals surface area contributed by atoms with Crippen molar-refractivity contribution >= 4 is 40.2 Å². The summed E-state index contributed by atoms with van der Waals surface area (Å²) in [4.78, 5) is 19.7. The van der Waals surface area contributed by atoms with Crippen molar-refractivity contribution in [1.82, 2.24) is 9.88 Å². The number of thiazole rings is 1. The van der Waals surface area contributed by atoms with Crippen LogP contribution in [0.5, 0.6) is 5.75 Å². The summed E-state index contributed by atoms with van der Waals surface area (Å²) in [6, 6.07) is 11.3. The minimum atomic E-state index is 0.0192. The maximum atomic E-state index is 12.3. The van der Waals surface area contributed by atoms with Crippen molar-refractivity contribution in [3.8, 4) is 15.6 Å². The monoisotopic (exact) mass is 392 g/mol. The molecule has 0 aliphatic heterocycles. The average molecular weight is 393 g/mol. The molecule has 0 radical (unpaired) electrons. The lowest BCUT2D eigenvalue weighted by Gasteiger charge is -2.17. The van der Waals surface area contributed by atoms with Gasteiger partial charge in [0, 0.05) is 12.4 Å². The summed E-state index contributed by atoms with van der Waals surface area (Å²) in [6.45, 7) is 0.884. The number of aromatic nitrogens is 1. The number of halogens is 1. The van der Waals surface area contributed by atoms with Gasteiger partial charge in [-0.05, 0) is 23.6 Å². The van der Waals surface area contributed by atoms with Crippen molar-refractivity contribution in [3.05, 3.63) is 57.9 Å². The quantitative estimate of drug-likeness (QED) is 0.589. The lowest BCUT2D eigenvalue weighted by atomic mass is 10.3. The molecular weight excluding hydrogens is 376 g/mol. The second kappa shape index (κ2) is 8.47. The molecule has 3 rings (SSSR count). The van der Waals surface area contributed by atoms with E-state index >= 15 is 0 Å². The third-order valence-electron chi connectivity index (χ3n) is 3.56. The molecule has 0 spiro atoms. The van der Waals surface area contributed by atoms with Crippen molar-refractivity contribution in [1.29, 1.82) is 0 Å². The van der Waals surface area contributed by atoms with Crippen LogP contribution in [0.15, 0.2) is 47.2 Å². The first-order chi connectivity index (χ1) is 12.1. The van der Waals surface area contributed by atoms with Gasteiger partial charge in [-0.1, -0.05) is 29.8 Å². The van der Waals surface area contributed by atoms with Crippen LogP contribution in [0.1, 0.15) is 5.69 Å². The Bertz CT molecular complexity index is 833. The first kappa shape index (κ1) is 17.9. The summed E-state index contributed by atoms with van der Waals surface area (Å²) in [5.74, 6) is 0.649. The van der Waals surface area contributed by atoms with Gasteiger partial charge in [0.2, 0.25) is 5.91 Å². The zero-order valence-electron chi connectivity index (χ0n) is 13.6. The Kier molecular flexibility index (Phi) is 6.07. The van der Waals surface area contributed by atoms with Crippen LogP contribution in [0.4, 0.5) is 0 Å². The lowest BCUT2D eigenvalue weighted by molar-refractivity contribution is -0.129. The van der Waals surface area contributed by atoms with Crippen molar-refractivity contribution in [2.24, 2.45) is 0 Å². The lowest BCUT2D eigenvalue weighted by Crippen LogP contribution is -2.32. The van der Waals surface area contributed by atoms with Gasteiger partial charge >= 0.3 is 0 Å². The smallest absolute Gasteiger partial charge is 0.228 e. The Labute approximate surface area is 159 Å². The van der Waals surface area contributed by atoms with E-state index in [0.717, 1.165) is 15.6 Å². The summed E-state index contributed by atoms with van der Waals surface area (Å²) < 4.78 is 5.62. The normalized spacial score (nSPS) is 10.6. The zero-order valence-corrected chi connectivity index (χ0v) is 16.0. The highest BCUT2D eigenvalue weighted by Crippen LogP contribution is 2.28. The number of likely N-dealkylation sites (N-methyl/N-ethyl adjacent to an activating group) is 1. The average Bonchev–Trinajstić information content (AvgIpc) is 3.27. The molecule has 0 atom stereocenters. The van der Waals surface area contributed by atoms with Gasteiger partial charge in [-0.3, -0.25) is 4.79 Å². The van der Waals surface area contributed by atoms with Crippen LogP contribution in [-0.4, -0.2) is 36.0 Å². The molecule has 0 bridgehead atoms. The third kappa shape index (κ3) is 4.81. The predicted octanol–water partition coefficient (Wildman–Crippen LogP) is 4.60. The Morgan fingerprint density at radius 3 is 2.84 bits per heavy atom. The van der Waals surface area contributed by atoms with Crippen molar-refractivity contribution in [2.75, 3.05) is 20.2 Å². The molecule has 0 fully saturated rings. The number of hydrogen-bond acceptors (Lipinski definition) is 5. The topological polar surface area (TPSA) is 42.4 Å². The second-order valence-corrected chi connectivity index (χ2v) is 7.61. The van der Waals surface area contributed by atoms with Gasteiger partial charge in [0.15, 0.2) is 0 Å². The Morgan fingerprint density at radius 1 is 1.24 bits per heavy atom. The van der Waals surface area contributed by atoms with E-state index in [0.29, 0.717) is 30.3 Å². The standard InChI is InChI=1S/C18H17ClN2O2S2/c1-21(8-9-23-15-6-3-2-5-14(15)19)17(22)11-13-12-25-18(20-13)16-7-4-10-24-16/h2-7,10,12H,8-9,11H2,1H3. The number of rotatable bonds is 7. The number of nitrogens with zero attached hydrogens (tertiary/aromatic N) is 2. The van der Waals surface area contributed by atoms with Gasteiger partial charge in [-0.15, -0.1) is 22.7 Å².